The molecule has 1 aromatic carbocycles. The largest absolute Gasteiger partial charge is 0.377 e. The molecule has 7 nitrogen and oxygen atoms in total. The van der Waals surface area contributed by atoms with E-state index in [-0.39, 0.29) is 30.4 Å². The molecule has 3 amide bonds. The van der Waals surface area contributed by atoms with Crippen molar-refractivity contribution < 1.29 is 14.3 Å². The molecule has 1 fully saturated rings. The number of anilines is 2. The van der Waals surface area contributed by atoms with Gasteiger partial charge in [0.1, 0.15) is 5.00 Å². The van der Waals surface area contributed by atoms with Gasteiger partial charge in [0.25, 0.3) is 5.91 Å². The fraction of sp³-hybridized carbons (Fsp3) is 0.400. The maximum Gasteiger partial charge on any atom is 0.324 e. The Morgan fingerprint density at radius 1 is 1.23 bits per heavy atom. The smallest absolute Gasteiger partial charge is 0.324 e. The van der Waals surface area contributed by atoms with E-state index in [4.69, 9.17) is 16.3 Å². The van der Waals surface area contributed by atoms with Crippen molar-refractivity contribution in [1.82, 2.24) is 10.2 Å². The van der Waals surface area contributed by atoms with E-state index in [1.165, 1.54) is 11.3 Å². The van der Waals surface area contributed by atoms with Gasteiger partial charge in [0.15, 0.2) is 0 Å². The van der Waals surface area contributed by atoms with Crippen LogP contribution in [0.4, 0.5) is 15.5 Å². The lowest BCUT2D eigenvalue weighted by Gasteiger charge is -2.28. The predicted octanol–water partition coefficient (Wildman–Crippen LogP) is 3.97. The first-order chi connectivity index (χ1) is 14.0. The van der Waals surface area contributed by atoms with Crippen molar-refractivity contribution in [2.75, 3.05) is 36.9 Å². The van der Waals surface area contributed by atoms with Crippen molar-refractivity contribution in [3.63, 3.8) is 0 Å². The Hall–Kier alpha value is -1.84. The number of carbonyl (C=O) groups is 2. The summed E-state index contributed by atoms with van der Waals surface area (Å²) in [4.78, 5) is 29.0. The second kappa shape index (κ2) is 9.98. The molecular weight excluding hydrogens is 447 g/mol. The number of rotatable bonds is 5. The molecule has 30 heavy (non-hydrogen) atoms. The van der Waals surface area contributed by atoms with E-state index < -0.39 is 0 Å². The molecule has 0 spiro atoms. The topological polar surface area (TPSA) is 82.7 Å². The van der Waals surface area contributed by atoms with Crippen LogP contribution in [0.5, 0.6) is 0 Å². The van der Waals surface area contributed by atoms with Crippen molar-refractivity contribution in [3.05, 3.63) is 45.3 Å². The number of fused-ring (bicyclic) bond motifs is 1. The molecule has 0 atom stereocenters. The third kappa shape index (κ3) is 5.07. The molecule has 4 rings (SSSR count). The third-order valence-corrected chi connectivity index (χ3v) is 6.50. The van der Waals surface area contributed by atoms with Gasteiger partial charge in [0.05, 0.1) is 24.8 Å². The van der Waals surface area contributed by atoms with E-state index in [1.54, 1.807) is 24.3 Å². The summed E-state index contributed by atoms with van der Waals surface area (Å²) < 4.78 is 5.16. The molecule has 2 aromatic rings. The van der Waals surface area contributed by atoms with Crippen LogP contribution in [0, 0.1) is 0 Å². The van der Waals surface area contributed by atoms with Crippen LogP contribution in [-0.4, -0.2) is 49.2 Å². The average molecular weight is 471 g/mol. The van der Waals surface area contributed by atoms with Gasteiger partial charge in [-0.15, -0.1) is 23.7 Å². The number of nitrogens with zero attached hydrogens (tertiary/aromatic N) is 1. The van der Waals surface area contributed by atoms with E-state index in [1.807, 2.05) is 0 Å². The summed E-state index contributed by atoms with van der Waals surface area (Å²) in [5, 5.41) is 9.85. The Morgan fingerprint density at radius 3 is 2.60 bits per heavy atom. The molecule has 1 aromatic heterocycles. The molecule has 1 saturated heterocycles. The number of benzene rings is 1. The highest BCUT2D eigenvalue weighted by molar-refractivity contribution is 7.17. The van der Waals surface area contributed by atoms with Crippen LogP contribution in [-0.2, 0) is 17.7 Å². The number of thiophene rings is 1. The second-order valence-corrected chi connectivity index (χ2v) is 8.66. The number of likely N-dealkylation sites (N-methyl/N-ethyl adjacent to an activating group) is 1. The van der Waals surface area contributed by atoms with Gasteiger partial charge in [-0.05, 0) is 42.8 Å². The molecule has 0 bridgehead atoms. The summed E-state index contributed by atoms with van der Waals surface area (Å²) >= 11 is 7.37. The van der Waals surface area contributed by atoms with Crippen LogP contribution in [0.25, 0.3) is 0 Å². The summed E-state index contributed by atoms with van der Waals surface area (Å²) in [6, 6.07) is 6.51. The molecule has 3 N–H and O–H groups in total. The van der Waals surface area contributed by atoms with Gasteiger partial charge in [-0.3, -0.25) is 15.0 Å². The summed E-state index contributed by atoms with van der Waals surface area (Å²) in [6.07, 6.45) is 0.796. The minimum atomic E-state index is -0.390. The van der Waals surface area contributed by atoms with E-state index in [0.29, 0.717) is 34.5 Å². The van der Waals surface area contributed by atoms with Gasteiger partial charge in [-0.2, -0.15) is 0 Å². The van der Waals surface area contributed by atoms with Crippen molar-refractivity contribution in [2.24, 2.45) is 0 Å². The predicted molar refractivity (Wildman–Crippen MR) is 122 cm³/mol. The number of carbonyl (C=O) groups excluding carboxylic acids is 2. The lowest BCUT2D eigenvalue weighted by Crippen LogP contribution is -2.48. The molecule has 10 heteroatoms. The van der Waals surface area contributed by atoms with Crippen molar-refractivity contribution in [2.45, 2.75) is 25.9 Å². The highest BCUT2D eigenvalue weighted by Gasteiger charge is 2.30. The van der Waals surface area contributed by atoms with Crippen LogP contribution in [0.2, 0.25) is 5.02 Å². The molecular formula is C20H24Cl2N4O3S. The highest BCUT2D eigenvalue weighted by Crippen LogP contribution is 2.37. The van der Waals surface area contributed by atoms with Gasteiger partial charge in [-0.1, -0.05) is 18.5 Å². The van der Waals surface area contributed by atoms with Crippen molar-refractivity contribution >= 4 is 58.0 Å². The fourth-order valence-corrected chi connectivity index (χ4v) is 4.84. The van der Waals surface area contributed by atoms with Gasteiger partial charge in [-0.25, -0.2) is 4.79 Å². The number of hydrogen-bond acceptors (Lipinski definition) is 5. The van der Waals surface area contributed by atoms with Crippen molar-refractivity contribution in [1.29, 1.82) is 0 Å². The van der Waals surface area contributed by atoms with Gasteiger partial charge in [0, 0.05) is 28.7 Å². The van der Waals surface area contributed by atoms with E-state index in [2.05, 4.69) is 27.8 Å². The maximum atomic E-state index is 13.0. The van der Waals surface area contributed by atoms with E-state index >= 15 is 0 Å². The SMILES string of the molecule is CCN1CCc2c(sc(NC(=O)Nc3ccc(Cl)cc3)c2C(=O)NC2COC2)C1.Cl. The van der Waals surface area contributed by atoms with E-state index in [9.17, 15) is 9.59 Å². The molecule has 0 aliphatic carbocycles. The monoisotopic (exact) mass is 470 g/mol. The first-order valence-corrected chi connectivity index (χ1v) is 10.8. The number of hydrogen-bond donors (Lipinski definition) is 3. The van der Waals surface area contributed by atoms with Crippen LogP contribution in [0.15, 0.2) is 24.3 Å². The first-order valence-electron chi connectivity index (χ1n) is 9.62. The van der Waals surface area contributed by atoms with Gasteiger partial charge < -0.3 is 15.4 Å². The number of urea groups is 1. The molecule has 0 saturated carbocycles. The number of amides is 3. The lowest BCUT2D eigenvalue weighted by molar-refractivity contribution is -0.00346. The Kier molecular flexibility index (Phi) is 7.60. The van der Waals surface area contributed by atoms with Crippen LogP contribution in [0.3, 0.4) is 0 Å². The van der Waals surface area contributed by atoms with Crippen LogP contribution < -0.4 is 16.0 Å². The lowest BCUT2D eigenvalue weighted by atomic mass is 10.0. The second-order valence-electron chi connectivity index (χ2n) is 7.12. The average Bonchev–Trinajstić information content (AvgIpc) is 3.03. The zero-order chi connectivity index (χ0) is 20.4. The summed E-state index contributed by atoms with van der Waals surface area (Å²) in [5.74, 6) is -0.150. The first kappa shape index (κ1) is 22.8. The molecule has 2 aliphatic rings. The highest BCUT2D eigenvalue weighted by atomic mass is 35.5. The quantitative estimate of drug-likeness (QED) is 0.617. The molecule has 0 unspecified atom stereocenters. The van der Waals surface area contributed by atoms with Crippen LogP contribution in [0.1, 0.15) is 27.7 Å². The Bertz CT molecular complexity index is 916. The Labute approximate surface area is 190 Å². The van der Waals surface area contributed by atoms with Gasteiger partial charge in [0.2, 0.25) is 0 Å². The number of halogens is 2. The summed E-state index contributed by atoms with van der Waals surface area (Å²) in [6.45, 7) is 5.84. The zero-order valence-corrected chi connectivity index (χ0v) is 18.9. The minimum absolute atomic E-state index is 0. The standard InChI is InChI=1S/C20H23ClN4O3S.ClH/c1-2-25-8-7-15-16(9-25)29-19(17(15)18(26)22-14-10-28-11-14)24-20(27)23-13-5-3-12(21)4-6-13;/h3-6,14H,2,7-11H2,1H3,(H,22,26)(H2,23,24,27);1H. The fourth-order valence-electron chi connectivity index (χ4n) is 3.43. The van der Waals surface area contributed by atoms with E-state index in [0.717, 1.165) is 36.5 Å². The summed E-state index contributed by atoms with van der Waals surface area (Å²) in [7, 11) is 0. The van der Waals surface area contributed by atoms with Gasteiger partial charge >= 0.3 is 6.03 Å². The Morgan fingerprint density at radius 2 is 1.97 bits per heavy atom. The van der Waals surface area contributed by atoms with Crippen LogP contribution >= 0.6 is 35.3 Å². The maximum absolute atomic E-state index is 13.0. The molecule has 0 radical (unpaired) electrons. The minimum Gasteiger partial charge on any atom is -0.377 e. The molecule has 3 heterocycles. The zero-order valence-electron chi connectivity index (χ0n) is 16.5. The number of ether oxygens (including phenoxy) is 1. The third-order valence-electron chi connectivity index (χ3n) is 5.11. The van der Waals surface area contributed by atoms with Crippen molar-refractivity contribution in [3.8, 4) is 0 Å². The summed E-state index contributed by atoms with van der Waals surface area (Å²) in [5.41, 5.74) is 2.25. The number of nitrogens with one attached hydrogen (secondary N) is 3. The molecule has 2 aliphatic heterocycles. The Balaban J connectivity index is 0.00000256. The normalized spacial score (nSPS) is 16.1. The molecule has 162 valence electrons.